The van der Waals surface area contributed by atoms with Crippen molar-refractivity contribution < 1.29 is 0 Å². The third kappa shape index (κ3) is 1.95. The second-order valence-electron chi connectivity index (χ2n) is 3.47. The van der Waals surface area contributed by atoms with E-state index in [2.05, 4.69) is 18.0 Å². The molecule has 2 nitrogen and oxygen atoms in total. The number of anilines is 1. The molecule has 0 spiro atoms. The Morgan fingerprint density at radius 3 is 2.92 bits per heavy atom. The Balaban J connectivity index is 0.000000845. The minimum atomic E-state index is 0. The number of benzene rings is 1. The van der Waals surface area contributed by atoms with Gasteiger partial charge in [-0.2, -0.15) is 0 Å². The molecule has 2 N–H and O–H groups in total. The van der Waals surface area contributed by atoms with E-state index < -0.39 is 0 Å². The van der Waals surface area contributed by atoms with Crippen molar-refractivity contribution >= 4 is 18.1 Å². The predicted octanol–water partition coefficient (Wildman–Crippen LogP) is 1.68. The minimum absolute atomic E-state index is 0. The molecule has 1 aliphatic heterocycles. The molecule has 0 radical (unpaired) electrons. The van der Waals surface area contributed by atoms with Crippen LogP contribution in [0.5, 0.6) is 0 Å². The monoisotopic (exact) mass is 198 g/mol. The summed E-state index contributed by atoms with van der Waals surface area (Å²) in [6.07, 6.45) is 1.14. The van der Waals surface area contributed by atoms with E-state index in [0.29, 0.717) is 0 Å². The summed E-state index contributed by atoms with van der Waals surface area (Å²) in [6, 6.07) is 6.20. The first-order valence-electron chi connectivity index (χ1n) is 4.32. The smallest absolute Gasteiger partial charge is 0.0362 e. The Labute approximate surface area is 85.1 Å². The lowest BCUT2D eigenvalue weighted by atomic mass is 9.99. The van der Waals surface area contributed by atoms with Gasteiger partial charge in [0.05, 0.1) is 0 Å². The number of fused-ring (bicyclic) bond motifs is 1. The average Bonchev–Trinajstić information content (AvgIpc) is 2.07. The van der Waals surface area contributed by atoms with Gasteiger partial charge >= 0.3 is 0 Å². The first-order valence-corrected chi connectivity index (χ1v) is 4.32. The molecular formula is C10H15ClN2. The summed E-state index contributed by atoms with van der Waals surface area (Å²) in [5.41, 5.74) is 9.57. The van der Waals surface area contributed by atoms with Gasteiger partial charge in [0.2, 0.25) is 0 Å². The number of nitrogens with zero attached hydrogens (tertiary/aromatic N) is 1. The molecule has 2 rings (SSSR count). The molecule has 0 fully saturated rings. The van der Waals surface area contributed by atoms with Crippen molar-refractivity contribution in [3.05, 3.63) is 29.3 Å². The van der Waals surface area contributed by atoms with Crippen molar-refractivity contribution in [2.24, 2.45) is 0 Å². The average molecular weight is 199 g/mol. The lowest BCUT2D eigenvalue weighted by molar-refractivity contribution is 0.313. The molecule has 1 aromatic carbocycles. The van der Waals surface area contributed by atoms with Gasteiger partial charge in [-0.05, 0) is 30.7 Å². The van der Waals surface area contributed by atoms with Crippen molar-refractivity contribution in [3.63, 3.8) is 0 Å². The summed E-state index contributed by atoms with van der Waals surface area (Å²) in [5.74, 6) is 0. The lowest BCUT2D eigenvalue weighted by Crippen LogP contribution is -2.27. The first kappa shape index (κ1) is 10.4. The van der Waals surface area contributed by atoms with Crippen LogP contribution in [0.25, 0.3) is 0 Å². The zero-order chi connectivity index (χ0) is 8.55. The number of rotatable bonds is 0. The van der Waals surface area contributed by atoms with Gasteiger partial charge in [0.25, 0.3) is 0 Å². The maximum absolute atomic E-state index is 5.88. The molecule has 13 heavy (non-hydrogen) atoms. The highest BCUT2D eigenvalue weighted by Gasteiger charge is 2.14. The van der Waals surface area contributed by atoms with Crippen LogP contribution < -0.4 is 5.73 Å². The fourth-order valence-corrected chi connectivity index (χ4v) is 1.74. The van der Waals surface area contributed by atoms with Crippen LogP contribution in [0.15, 0.2) is 18.2 Å². The van der Waals surface area contributed by atoms with Crippen LogP contribution >= 0.6 is 12.4 Å². The van der Waals surface area contributed by atoms with Gasteiger partial charge < -0.3 is 10.6 Å². The SMILES string of the molecule is CN1CCc2cccc(N)c2C1.Cl. The molecule has 0 saturated heterocycles. The van der Waals surface area contributed by atoms with E-state index in [-0.39, 0.29) is 12.4 Å². The highest BCUT2D eigenvalue weighted by atomic mass is 35.5. The number of nitrogen functional groups attached to an aromatic ring is 1. The highest BCUT2D eigenvalue weighted by molar-refractivity contribution is 5.85. The Morgan fingerprint density at radius 2 is 2.15 bits per heavy atom. The van der Waals surface area contributed by atoms with E-state index >= 15 is 0 Å². The number of hydrogen-bond acceptors (Lipinski definition) is 2. The number of likely N-dealkylation sites (N-methyl/N-ethyl adjacent to an activating group) is 1. The Bertz CT molecular complexity index is 299. The van der Waals surface area contributed by atoms with Crippen LogP contribution in [0.4, 0.5) is 5.69 Å². The van der Waals surface area contributed by atoms with Gasteiger partial charge in [0.15, 0.2) is 0 Å². The van der Waals surface area contributed by atoms with E-state index in [1.807, 2.05) is 12.1 Å². The van der Waals surface area contributed by atoms with Crippen molar-refractivity contribution in [3.8, 4) is 0 Å². The van der Waals surface area contributed by atoms with Crippen LogP contribution in [0.3, 0.4) is 0 Å². The maximum atomic E-state index is 5.88. The predicted molar refractivity (Wildman–Crippen MR) is 58.1 cm³/mol. The molecule has 1 aliphatic rings. The zero-order valence-electron chi connectivity index (χ0n) is 7.79. The van der Waals surface area contributed by atoms with Crippen LogP contribution in [0, 0.1) is 0 Å². The summed E-state index contributed by atoms with van der Waals surface area (Å²) in [7, 11) is 2.13. The third-order valence-electron chi connectivity index (χ3n) is 2.50. The molecular weight excluding hydrogens is 184 g/mol. The standard InChI is InChI=1S/C10H14N2.ClH/c1-12-6-5-8-3-2-4-10(11)9(8)7-12;/h2-4H,5-7,11H2,1H3;1H. The molecule has 72 valence electrons. The molecule has 0 aromatic heterocycles. The Kier molecular flexibility index (Phi) is 3.17. The summed E-state index contributed by atoms with van der Waals surface area (Å²) in [6.45, 7) is 2.15. The van der Waals surface area contributed by atoms with Crippen LogP contribution in [-0.4, -0.2) is 18.5 Å². The number of halogens is 1. The van der Waals surface area contributed by atoms with Crippen molar-refractivity contribution in [1.29, 1.82) is 0 Å². The van der Waals surface area contributed by atoms with E-state index in [9.17, 15) is 0 Å². The summed E-state index contributed by atoms with van der Waals surface area (Å²) in [4.78, 5) is 2.30. The number of nitrogens with two attached hydrogens (primary N) is 1. The quantitative estimate of drug-likeness (QED) is 0.643. The van der Waals surface area contributed by atoms with Gasteiger partial charge in [-0.25, -0.2) is 0 Å². The van der Waals surface area contributed by atoms with Gasteiger partial charge in [-0.15, -0.1) is 12.4 Å². The summed E-state index contributed by atoms with van der Waals surface area (Å²) in [5, 5.41) is 0. The molecule has 0 amide bonds. The van der Waals surface area contributed by atoms with E-state index in [1.165, 1.54) is 11.1 Å². The van der Waals surface area contributed by atoms with Crippen LogP contribution in [0.1, 0.15) is 11.1 Å². The second-order valence-corrected chi connectivity index (χ2v) is 3.47. The molecule has 3 heteroatoms. The molecule has 1 heterocycles. The van der Waals surface area contributed by atoms with E-state index in [1.54, 1.807) is 0 Å². The summed E-state index contributed by atoms with van der Waals surface area (Å²) >= 11 is 0. The van der Waals surface area contributed by atoms with Gasteiger partial charge in [-0.3, -0.25) is 0 Å². The highest BCUT2D eigenvalue weighted by Crippen LogP contribution is 2.22. The van der Waals surface area contributed by atoms with Crippen LogP contribution in [0.2, 0.25) is 0 Å². The minimum Gasteiger partial charge on any atom is -0.398 e. The zero-order valence-corrected chi connectivity index (χ0v) is 8.60. The molecule has 0 bridgehead atoms. The second kappa shape index (κ2) is 3.99. The van der Waals surface area contributed by atoms with Crippen molar-refractivity contribution in [1.82, 2.24) is 4.90 Å². The first-order chi connectivity index (χ1) is 5.77. The topological polar surface area (TPSA) is 29.3 Å². The van der Waals surface area contributed by atoms with E-state index in [4.69, 9.17) is 5.73 Å². The Hall–Kier alpha value is -0.730. The maximum Gasteiger partial charge on any atom is 0.0362 e. The molecule has 1 aromatic rings. The van der Waals surface area contributed by atoms with Crippen molar-refractivity contribution in [2.75, 3.05) is 19.3 Å². The molecule has 0 unspecified atom stereocenters. The van der Waals surface area contributed by atoms with Crippen LogP contribution in [-0.2, 0) is 13.0 Å². The van der Waals surface area contributed by atoms with E-state index in [0.717, 1.165) is 25.2 Å². The van der Waals surface area contributed by atoms with Gasteiger partial charge in [-0.1, -0.05) is 12.1 Å². The fourth-order valence-electron chi connectivity index (χ4n) is 1.74. The van der Waals surface area contributed by atoms with Gasteiger partial charge in [0, 0.05) is 18.8 Å². The molecule has 0 saturated carbocycles. The summed E-state index contributed by atoms with van der Waals surface area (Å²) < 4.78 is 0. The molecule has 0 atom stereocenters. The fraction of sp³-hybridized carbons (Fsp3) is 0.400. The molecule has 0 aliphatic carbocycles. The largest absolute Gasteiger partial charge is 0.398 e. The number of hydrogen-bond donors (Lipinski definition) is 1. The lowest BCUT2D eigenvalue weighted by Gasteiger charge is -2.25. The third-order valence-corrected chi connectivity index (χ3v) is 2.50. The van der Waals surface area contributed by atoms with Gasteiger partial charge in [0.1, 0.15) is 0 Å². The van der Waals surface area contributed by atoms with Crippen molar-refractivity contribution in [2.45, 2.75) is 13.0 Å². The Morgan fingerprint density at radius 1 is 1.38 bits per heavy atom. The normalized spacial score (nSPS) is 16.1.